The van der Waals surface area contributed by atoms with Gasteiger partial charge in [0.15, 0.2) is 0 Å². The molecule has 4 nitrogen and oxygen atoms in total. The van der Waals surface area contributed by atoms with Gasteiger partial charge in [0.1, 0.15) is 0 Å². The average Bonchev–Trinajstić information content (AvgIpc) is 2.91. The lowest BCUT2D eigenvalue weighted by Crippen LogP contribution is -2.24. The van der Waals surface area contributed by atoms with E-state index in [0.717, 1.165) is 22.2 Å². The smallest absolute Gasteiger partial charge is 0.224 e. The Morgan fingerprint density at radius 1 is 1.24 bits per heavy atom. The maximum atomic E-state index is 12.0. The Kier molecular flexibility index (Phi) is 3.88. The minimum absolute atomic E-state index is 0.0542. The first-order valence-corrected chi connectivity index (χ1v) is 7.03. The van der Waals surface area contributed by atoms with Crippen LogP contribution in [0.15, 0.2) is 48.8 Å². The van der Waals surface area contributed by atoms with E-state index in [1.54, 1.807) is 6.20 Å². The lowest BCUT2D eigenvalue weighted by atomic mass is 10.1. The molecule has 0 saturated heterocycles. The number of fused-ring (bicyclic) bond motifs is 1. The Bertz CT molecular complexity index is 768. The fraction of sp³-hybridized carbons (Fsp3) is 0.125. The monoisotopic (exact) mass is 299 g/mol. The third-order valence-electron chi connectivity index (χ3n) is 3.28. The topological polar surface area (TPSA) is 57.8 Å². The number of aromatic nitrogens is 2. The fourth-order valence-corrected chi connectivity index (χ4v) is 2.57. The highest BCUT2D eigenvalue weighted by atomic mass is 35.5. The molecule has 2 heterocycles. The van der Waals surface area contributed by atoms with Crippen LogP contribution in [-0.2, 0) is 17.8 Å². The van der Waals surface area contributed by atoms with Gasteiger partial charge in [-0.2, -0.15) is 0 Å². The van der Waals surface area contributed by atoms with Crippen LogP contribution in [0.25, 0.3) is 10.9 Å². The van der Waals surface area contributed by atoms with Gasteiger partial charge in [-0.25, -0.2) is 0 Å². The van der Waals surface area contributed by atoms with Crippen LogP contribution < -0.4 is 5.32 Å². The Balaban J connectivity index is 1.69. The molecule has 0 aliphatic rings. The molecule has 0 fully saturated rings. The van der Waals surface area contributed by atoms with Crippen molar-refractivity contribution in [1.29, 1.82) is 0 Å². The van der Waals surface area contributed by atoms with Gasteiger partial charge in [-0.05, 0) is 29.8 Å². The molecule has 0 unspecified atom stereocenters. The first-order valence-electron chi connectivity index (χ1n) is 6.65. The molecule has 1 amide bonds. The van der Waals surface area contributed by atoms with Crippen molar-refractivity contribution in [3.8, 4) is 0 Å². The highest BCUT2D eigenvalue weighted by molar-refractivity contribution is 6.35. The molecular weight excluding hydrogens is 286 g/mol. The van der Waals surface area contributed by atoms with E-state index in [0.29, 0.717) is 11.6 Å². The van der Waals surface area contributed by atoms with Crippen molar-refractivity contribution in [3.05, 3.63) is 65.1 Å². The maximum absolute atomic E-state index is 12.0. The molecule has 1 aromatic carbocycles. The molecule has 0 aliphatic heterocycles. The van der Waals surface area contributed by atoms with E-state index in [9.17, 15) is 4.79 Å². The molecule has 0 radical (unpaired) electrons. The van der Waals surface area contributed by atoms with E-state index in [1.165, 1.54) is 0 Å². The zero-order valence-electron chi connectivity index (χ0n) is 11.3. The third-order valence-corrected chi connectivity index (χ3v) is 3.60. The molecule has 0 bridgehead atoms. The van der Waals surface area contributed by atoms with Gasteiger partial charge in [0.2, 0.25) is 5.91 Å². The van der Waals surface area contributed by atoms with Gasteiger partial charge < -0.3 is 10.3 Å². The first-order chi connectivity index (χ1) is 10.2. The number of aromatic amines is 1. The molecule has 3 aromatic rings. The summed E-state index contributed by atoms with van der Waals surface area (Å²) < 4.78 is 0. The highest BCUT2D eigenvalue weighted by Gasteiger charge is 2.11. The number of amides is 1. The molecule has 5 heteroatoms. The Morgan fingerprint density at radius 2 is 2.14 bits per heavy atom. The molecule has 2 aromatic heterocycles. The number of pyridine rings is 1. The van der Waals surface area contributed by atoms with Crippen LogP contribution in [0.4, 0.5) is 0 Å². The number of hydrogen-bond acceptors (Lipinski definition) is 2. The minimum Gasteiger partial charge on any atom is -0.361 e. The van der Waals surface area contributed by atoms with Crippen LogP contribution >= 0.6 is 11.6 Å². The quantitative estimate of drug-likeness (QED) is 0.778. The number of hydrogen-bond donors (Lipinski definition) is 2. The summed E-state index contributed by atoms with van der Waals surface area (Å²) in [6.45, 7) is 0.426. The molecule has 0 aliphatic carbocycles. The summed E-state index contributed by atoms with van der Waals surface area (Å²) in [5, 5.41) is 4.43. The second kappa shape index (κ2) is 5.97. The van der Waals surface area contributed by atoms with Gasteiger partial charge in [-0.1, -0.05) is 23.7 Å². The van der Waals surface area contributed by atoms with Gasteiger partial charge in [0.25, 0.3) is 0 Å². The van der Waals surface area contributed by atoms with E-state index in [2.05, 4.69) is 15.3 Å². The molecule has 106 valence electrons. The summed E-state index contributed by atoms with van der Waals surface area (Å²) in [7, 11) is 0. The number of nitrogens with one attached hydrogen (secondary N) is 2. The predicted octanol–water partition coefficient (Wildman–Crippen LogP) is 3.08. The Labute approximate surface area is 127 Å². The van der Waals surface area contributed by atoms with Crippen LogP contribution in [0.1, 0.15) is 11.3 Å². The van der Waals surface area contributed by atoms with E-state index in [-0.39, 0.29) is 12.3 Å². The van der Waals surface area contributed by atoms with Gasteiger partial charge in [-0.15, -0.1) is 0 Å². The van der Waals surface area contributed by atoms with Gasteiger partial charge in [-0.3, -0.25) is 9.78 Å². The first kappa shape index (κ1) is 13.6. The van der Waals surface area contributed by atoms with Crippen LogP contribution in [-0.4, -0.2) is 15.9 Å². The summed E-state index contributed by atoms with van der Waals surface area (Å²) in [4.78, 5) is 19.3. The standard InChI is InChI=1S/C16H14ClN3O/c17-13-5-3-6-14-16(13)11(9-19-14)8-15(21)20-10-12-4-1-2-7-18-12/h1-7,9,19H,8,10H2,(H,20,21). The van der Waals surface area contributed by atoms with Crippen molar-refractivity contribution in [1.82, 2.24) is 15.3 Å². The number of rotatable bonds is 4. The fourth-order valence-electron chi connectivity index (χ4n) is 2.27. The largest absolute Gasteiger partial charge is 0.361 e. The van der Waals surface area contributed by atoms with Crippen LogP contribution in [0.2, 0.25) is 5.02 Å². The molecular formula is C16H14ClN3O. The van der Waals surface area contributed by atoms with Crippen molar-refractivity contribution in [2.24, 2.45) is 0 Å². The molecule has 0 spiro atoms. The van der Waals surface area contributed by atoms with Crippen molar-refractivity contribution in [3.63, 3.8) is 0 Å². The predicted molar refractivity (Wildman–Crippen MR) is 83.1 cm³/mol. The normalized spacial score (nSPS) is 10.7. The van der Waals surface area contributed by atoms with Crippen molar-refractivity contribution in [2.45, 2.75) is 13.0 Å². The Hall–Kier alpha value is -2.33. The molecule has 2 N–H and O–H groups in total. The lowest BCUT2D eigenvalue weighted by Gasteiger charge is -2.04. The second-order valence-electron chi connectivity index (χ2n) is 4.75. The van der Waals surface area contributed by atoms with Crippen molar-refractivity contribution < 1.29 is 4.79 Å². The summed E-state index contributed by atoms with van der Waals surface area (Å²) in [6, 6.07) is 11.3. The van der Waals surface area contributed by atoms with E-state index in [1.807, 2.05) is 42.6 Å². The van der Waals surface area contributed by atoms with E-state index < -0.39 is 0 Å². The van der Waals surface area contributed by atoms with Gasteiger partial charge >= 0.3 is 0 Å². The summed E-state index contributed by atoms with van der Waals surface area (Å²) in [5.41, 5.74) is 2.67. The third kappa shape index (κ3) is 3.06. The number of benzene rings is 1. The van der Waals surface area contributed by atoms with Gasteiger partial charge in [0, 0.05) is 23.3 Å². The maximum Gasteiger partial charge on any atom is 0.224 e. The number of nitrogens with zero attached hydrogens (tertiary/aromatic N) is 1. The van der Waals surface area contributed by atoms with Gasteiger partial charge in [0.05, 0.1) is 23.7 Å². The average molecular weight is 300 g/mol. The number of halogens is 1. The molecule has 3 rings (SSSR count). The summed E-state index contributed by atoms with van der Waals surface area (Å²) in [6.07, 6.45) is 3.83. The number of H-pyrrole nitrogens is 1. The molecule has 0 saturated carbocycles. The minimum atomic E-state index is -0.0542. The zero-order valence-corrected chi connectivity index (χ0v) is 12.0. The van der Waals surface area contributed by atoms with Crippen molar-refractivity contribution in [2.75, 3.05) is 0 Å². The number of carbonyl (C=O) groups is 1. The van der Waals surface area contributed by atoms with Crippen LogP contribution in [0.3, 0.4) is 0 Å². The molecule has 21 heavy (non-hydrogen) atoms. The Morgan fingerprint density at radius 3 is 2.95 bits per heavy atom. The van der Waals surface area contributed by atoms with Crippen LogP contribution in [0.5, 0.6) is 0 Å². The lowest BCUT2D eigenvalue weighted by molar-refractivity contribution is -0.120. The summed E-state index contributed by atoms with van der Waals surface area (Å²) >= 11 is 6.20. The van der Waals surface area contributed by atoms with Crippen molar-refractivity contribution >= 4 is 28.4 Å². The highest BCUT2D eigenvalue weighted by Crippen LogP contribution is 2.26. The molecule has 0 atom stereocenters. The SMILES string of the molecule is O=C(Cc1c[nH]c2cccc(Cl)c12)NCc1ccccn1. The number of carbonyl (C=O) groups excluding carboxylic acids is 1. The zero-order chi connectivity index (χ0) is 14.7. The second-order valence-corrected chi connectivity index (χ2v) is 5.16. The summed E-state index contributed by atoms with van der Waals surface area (Å²) in [5.74, 6) is -0.0542. The van der Waals surface area contributed by atoms with E-state index >= 15 is 0 Å². The van der Waals surface area contributed by atoms with E-state index in [4.69, 9.17) is 11.6 Å². The van der Waals surface area contributed by atoms with Crippen LogP contribution in [0, 0.1) is 0 Å².